The molecule has 4 rings (SSSR count). The summed E-state index contributed by atoms with van der Waals surface area (Å²) in [4.78, 5) is 14.7. The molecule has 1 amide bonds. The number of fused-ring (bicyclic) bond motifs is 1. The van der Waals surface area contributed by atoms with Gasteiger partial charge in [-0.3, -0.25) is 14.8 Å². The van der Waals surface area contributed by atoms with Crippen LogP contribution in [0.5, 0.6) is 5.75 Å². The highest BCUT2D eigenvalue weighted by molar-refractivity contribution is 5.91. The number of ether oxygens (including phenoxy) is 1. The Labute approximate surface area is 177 Å². The van der Waals surface area contributed by atoms with Crippen LogP contribution in [0.15, 0.2) is 54.6 Å². The summed E-state index contributed by atoms with van der Waals surface area (Å²) >= 11 is 0. The van der Waals surface area contributed by atoms with Crippen molar-refractivity contribution in [2.24, 2.45) is 0 Å². The fourth-order valence-electron chi connectivity index (χ4n) is 3.81. The number of amides is 1. The summed E-state index contributed by atoms with van der Waals surface area (Å²) in [5.74, 6) is 1.12. The van der Waals surface area contributed by atoms with E-state index < -0.39 is 0 Å². The van der Waals surface area contributed by atoms with E-state index in [4.69, 9.17) is 4.74 Å². The van der Waals surface area contributed by atoms with E-state index in [1.165, 1.54) is 11.1 Å². The van der Waals surface area contributed by atoms with E-state index in [9.17, 15) is 4.79 Å². The summed E-state index contributed by atoms with van der Waals surface area (Å²) in [6, 6.07) is 18.4. The molecule has 156 valence electrons. The zero-order valence-corrected chi connectivity index (χ0v) is 17.4. The Kier molecular flexibility index (Phi) is 6.44. The maximum atomic E-state index is 12.3. The lowest BCUT2D eigenvalue weighted by atomic mass is 10.1. The first-order valence-corrected chi connectivity index (χ1v) is 10.5. The molecule has 0 bridgehead atoms. The van der Waals surface area contributed by atoms with Crippen molar-refractivity contribution < 1.29 is 9.53 Å². The zero-order chi connectivity index (χ0) is 20.8. The summed E-state index contributed by atoms with van der Waals surface area (Å²) < 4.78 is 5.62. The Balaban J connectivity index is 1.29. The third kappa shape index (κ3) is 5.07. The molecule has 0 saturated carbocycles. The molecule has 2 N–H and O–H groups in total. The van der Waals surface area contributed by atoms with Crippen LogP contribution in [-0.2, 0) is 30.7 Å². The third-order valence-electron chi connectivity index (χ3n) is 5.35. The summed E-state index contributed by atoms with van der Waals surface area (Å²) in [5.41, 5.74) is 4.74. The van der Waals surface area contributed by atoms with Crippen molar-refractivity contribution in [1.82, 2.24) is 15.1 Å². The van der Waals surface area contributed by atoms with Gasteiger partial charge in [0.2, 0.25) is 0 Å². The van der Waals surface area contributed by atoms with Crippen molar-refractivity contribution in [1.29, 1.82) is 0 Å². The number of aromatic nitrogens is 2. The average molecular weight is 405 g/mol. The Hall–Kier alpha value is -3.12. The maximum Gasteiger partial charge on any atom is 0.263 e. The lowest BCUT2D eigenvalue weighted by molar-refractivity contribution is -0.118. The SMILES string of the molecule is CCCc1ccc(OCC(=O)Nc2n[nH]c3c2CCN(Cc2ccccc2)C3)cc1. The number of aryl methyl sites for hydroxylation is 1. The van der Waals surface area contributed by atoms with Gasteiger partial charge in [-0.2, -0.15) is 5.10 Å². The van der Waals surface area contributed by atoms with Crippen LogP contribution in [0.3, 0.4) is 0 Å². The highest BCUT2D eigenvalue weighted by Gasteiger charge is 2.23. The van der Waals surface area contributed by atoms with Crippen LogP contribution in [0.2, 0.25) is 0 Å². The first-order chi connectivity index (χ1) is 14.7. The number of aromatic amines is 1. The number of rotatable bonds is 8. The summed E-state index contributed by atoms with van der Waals surface area (Å²) in [6.07, 6.45) is 3.02. The van der Waals surface area contributed by atoms with Crippen LogP contribution in [0, 0.1) is 0 Å². The fourth-order valence-corrected chi connectivity index (χ4v) is 3.81. The van der Waals surface area contributed by atoms with Crippen molar-refractivity contribution in [3.05, 3.63) is 77.0 Å². The number of H-pyrrole nitrogens is 1. The Morgan fingerprint density at radius 3 is 2.70 bits per heavy atom. The molecule has 0 saturated heterocycles. The molecule has 2 heterocycles. The second kappa shape index (κ2) is 9.59. The molecule has 6 nitrogen and oxygen atoms in total. The van der Waals surface area contributed by atoms with Crippen LogP contribution < -0.4 is 10.1 Å². The topological polar surface area (TPSA) is 70.2 Å². The van der Waals surface area contributed by atoms with E-state index in [0.717, 1.165) is 50.2 Å². The van der Waals surface area contributed by atoms with Gasteiger partial charge in [0.05, 0.1) is 5.69 Å². The summed E-state index contributed by atoms with van der Waals surface area (Å²) in [5, 5.41) is 10.3. The molecule has 3 aromatic rings. The number of nitrogens with zero attached hydrogens (tertiary/aromatic N) is 2. The summed E-state index contributed by atoms with van der Waals surface area (Å²) in [6.45, 7) is 4.77. The number of hydrogen-bond acceptors (Lipinski definition) is 4. The van der Waals surface area contributed by atoms with Crippen LogP contribution in [0.1, 0.15) is 35.7 Å². The number of carbonyl (C=O) groups is 1. The molecular formula is C24H28N4O2. The molecule has 2 aromatic carbocycles. The Bertz CT molecular complexity index is 967. The van der Waals surface area contributed by atoms with Crippen molar-refractivity contribution in [2.75, 3.05) is 18.5 Å². The predicted octanol–water partition coefficient (Wildman–Crippen LogP) is 3.94. The van der Waals surface area contributed by atoms with Gasteiger partial charge in [0.25, 0.3) is 5.91 Å². The first kappa shape index (κ1) is 20.2. The summed E-state index contributed by atoms with van der Waals surface area (Å²) in [7, 11) is 0. The molecule has 0 aliphatic carbocycles. The monoisotopic (exact) mass is 404 g/mol. The first-order valence-electron chi connectivity index (χ1n) is 10.5. The maximum absolute atomic E-state index is 12.3. The van der Waals surface area contributed by atoms with Crippen LogP contribution >= 0.6 is 0 Å². The fraction of sp³-hybridized carbons (Fsp3) is 0.333. The van der Waals surface area contributed by atoms with Gasteiger partial charge in [-0.25, -0.2) is 0 Å². The highest BCUT2D eigenvalue weighted by atomic mass is 16.5. The van der Waals surface area contributed by atoms with E-state index in [0.29, 0.717) is 11.6 Å². The van der Waals surface area contributed by atoms with Gasteiger partial charge in [0.1, 0.15) is 5.75 Å². The molecule has 1 aliphatic heterocycles. The van der Waals surface area contributed by atoms with Crippen LogP contribution in [-0.4, -0.2) is 34.2 Å². The minimum absolute atomic E-state index is 0.0328. The largest absolute Gasteiger partial charge is 0.484 e. The minimum Gasteiger partial charge on any atom is -0.484 e. The van der Waals surface area contributed by atoms with E-state index in [2.05, 4.69) is 51.6 Å². The number of nitrogens with one attached hydrogen (secondary N) is 2. The molecule has 0 unspecified atom stereocenters. The minimum atomic E-state index is -0.200. The number of hydrogen-bond donors (Lipinski definition) is 2. The van der Waals surface area contributed by atoms with Crippen molar-refractivity contribution >= 4 is 11.7 Å². The lowest BCUT2D eigenvalue weighted by Crippen LogP contribution is -2.30. The molecule has 1 aliphatic rings. The smallest absolute Gasteiger partial charge is 0.263 e. The zero-order valence-electron chi connectivity index (χ0n) is 17.4. The van der Waals surface area contributed by atoms with Crippen molar-refractivity contribution in [3.8, 4) is 5.75 Å². The lowest BCUT2D eigenvalue weighted by Gasteiger charge is -2.26. The average Bonchev–Trinajstić information content (AvgIpc) is 3.16. The second-order valence-electron chi connectivity index (χ2n) is 7.71. The van der Waals surface area contributed by atoms with E-state index in [-0.39, 0.29) is 12.5 Å². The van der Waals surface area contributed by atoms with Gasteiger partial charge < -0.3 is 10.1 Å². The molecule has 6 heteroatoms. The molecule has 0 spiro atoms. The van der Waals surface area contributed by atoms with Gasteiger partial charge in [-0.05, 0) is 36.1 Å². The predicted molar refractivity (Wildman–Crippen MR) is 117 cm³/mol. The molecule has 0 atom stereocenters. The second-order valence-corrected chi connectivity index (χ2v) is 7.71. The quantitative estimate of drug-likeness (QED) is 0.597. The van der Waals surface area contributed by atoms with Gasteiger partial charge in [-0.15, -0.1) is 0 Å². The highest BCUT2D eigenvalue weighted by Crippen LogP contribution is 2.24. The third-order valence-corrected chi connectivity index (χ3v) is 5.35. The Morgan fingerprint density at radius 2 is 1.93 bits per heavy atom. The standard InChI is InChI=1S/C24H28N4O2/c1-2-6-18-9-11-20(12-10-18)30-17-23(29)25-24-21-13-14-28(16-22(21)26-27-24)15-19-7-4-3-5-8-19/h3-5,7-12H,2,6,13-17H2,1H3,(H2,25,26,27,29). The van der Waals surface area contributed by atoms with Gasteiger partial charge in [0.15, 0.2) is 12.4 Å². The van der Waals surface area contributed by atoms with E-state index in [1.807, 2.05) is 30.3 Å². The van der Waals surface area contributed by atoms with E-state index >= 15 is 0 Å². The molecule has 30 heavy (non-hydrogen) atoms. The number of carbonyl (C=O) groups excluding carboxylic acids is 1. The van der Waals surface area contributed by atoms with E-state index in [1.54, 1.807) is 0 Å². The Morgan fingerprint density at radius 1 is 1.13 bits per heavy atom. The normalized spacial score (nSPS) is 13.6. The van der Waals surface area contributed by atoms with Crippen molar-refractivity contribution in [3.63, 3.8) is 0 Å². The number of anilines is 1. The number of benzene rings is 2. The van der Waals surface area contributed by atoms with Crippen molar-refractivity contribution in [2.45, 2.75) is 39.3 Å². The molecular weight excluding hydrogens is 376 g/mol. The van der Waals surface area contributed by atoms with Gasteiger partial charge in [0, 0.05) is 25.2 Å². The molecule has 0 fully saturated rings. The van der Waals surface area contributed by atoms with Gasteiger partial charge >= 0.3 is 0 Å². The van der Waals surface area contributed by atoms with Crippen LogP contribution in [0.4, 0.5) is 5.82 Å². The molecule has 1 aromatic heterocycles. The molecule has 0 radical (unpaired) electrons. The van der Waals surface area contributed by atoms with Crippen LogP contribution in [0.25, 0.3) is 0 Å². The van der Waals surface area contributed by atoms with Gasteiger partial charge in [-0.1, -0.05) is 55.8 Å².